The van der Waals surface area contributed by atoms with Crippen LogP contribution in [0, 0.1) is 5.92 Å². The molecule has 0 aromatic heterocycles. The minimum Gasteiger partial charge on any atom is -0.379 e. The third kappa shape index (κ3) is 2.76. The predicted octanol–water partition coefficient (Wildman–Crippen LogP) is 1.49. The molecule has 2 saturated heterocycles. The van der Waals surface area contributed by atoms with E-state index in [0.29, 0.717) is 11.6 Å². The van der Waals surface area contributed by atoms with Gasteiger partial charge < -0.3 is 10.1 Å². The van der Waals surface area contributed by atoms with Gasteiger partial charge in [-0.25, -0.2) is 0 Å². The first-order valence-corrected chi connectivity index (χ1v) is 6.66. The average molecular weight is 226 g/mol. The third-order valence-corrected chi connectivity index (χ3v) is 4.14. The largest absolute Gasteiger partial charge is 0.379 e. The lowest BCUT2D eigenvalue weighted by Crippen LogP contribution is -2.53. The van der Waals surface area contributed by atoms with Crippen molar-refractivity contribution >= 4 is 0 Å². The second kappa shape index (κ2) is 5.03. The third-order valence-electron chi connectivity index (χ3n) is 4.14. The maximum atomic E-state index is 5.59. The quantitative estimate of drug-likeness (QED) is 0.733. The molecule has 0 spiro atoms. The van der Waals surface area contributed by atoms with Crippen LogP contribution in [0.4, 0.5) is 0 Å². The Morgan fingerprint density at radius 3 is 2.88 bits per heavy atom. The number of hydrogen-bond acceptors (Lipinski definition) is 3. The van der Waals surface area contributed by atoms with E-state index in [1.807, 2.05) is 0 Å². The van der Waals surface area contributed by atoms with E-state index in [9.17, 15) is 0 Å². The highest BCUT2D eigenvalue weighted by Crippen LogP contribution is 2.27. The number of ether oxygens (including phenoxy) is 1. The zero-order valence-corrected chi connectivity index (χ0v) is 11.0. The standard InChI is InChI=1S/C13H26N2O/c1-11-8-14-12(2)4-6-15(9-11)13(3)5-7-16-10-13/h11-12,14H,4-10H2,1-3H3. The first-order chi connectivity index (χ1) is 7.60. The highest BCUT2D eigenvalue weighted by Gasteiger charge is 2.36. The van der Waals surface area contributed by atoms with Crippen molar-refractivity contribution in [2.45, 2.75) is 45.2 Å². The van der Waals surface area contributed by atoms with Crippen LogP contribution in [0.1, 0.15) is 33.6 Å². The van der Waals surface area contributed by atoms with Crippen LogP contribution >= 0.6 is 0 Å². The Kier molecular flexibility index (Phi) is 3.88. The van der Waals surface area contributed by atoms with Crippen molar-refractivity contribution in [3.05, 3.63) is 0 Å². The Bertz CT molecular complexity index is 226. The van der Waals surface area contributed by atoms with Gasteiger partial charge in [0.25, 0.3) is 0 Å². The zero-order valence-electron chi connectivity index (χ0n) is 11.0. The Balaban J connectivity index is 2.00. The number of nitrogens with zero attached hydrogens (tertiary/aromatic N) is 1. The summed E-state index contributed by atoms with van der Waals surface area (Å²) in [5, 5.41) is 3.60. The van der Waals surface area contributed by atoms with Gasteiger partial charge in [-0.15, -0.1) is 0 Å². The summed E-state index contributed by atoms with van der Waals surface area (Å²) in [5.74, 6) is 0.736. The fraction of sp³-hybridized carbons (Fsp3) is 1.00. The van der Waals surface area contributed by atoms with E-state index in [2.05, 4.69) is 31.0 Å². The number of nitrogens with one attached hydrogen (secondary N) is 1. The summed E-state index contributed by atoms with van der Waals surface area (Å²) in [6, 6.07) is 0.649. The second-order valence-electron chi connectivity index (χ2n) is 5.95. The van der Waals surface area contributed by atoms with Crippen LogP contribution in [0.2, 0.25) is 0 Å². The van der Waals surface area contributed by atoms with E-state index in [1.165, 1.54) is 25.9 Å². The van der Waals surface area contributed by atoms with Crippen molar-refractivity contribution in [2.24, 2.45) is 5.92 Å². The summed E-state index contributed by atoms with van der Waals surface area (Å²) < 4.78 is 5.59. The molecular formula is C13H26N2O. The molecule has 3 nitrogen and oxygen atoms in total. The van der Waals surface area contributed by atoms with Gasteiger partial charge >= 0.3 is 0 Å². The molecule has 2 heterocycles. The molecule has 0 saturated carbocycles. The van der Waals surface area contributed by atoms with E-state index >= 15 is 0 Å². The minimum absolute atomic E-state index is 0.297. The van der Waals surface area contributed by atoms with Crippen LogP contribution in [0.15, 0.2) is 0 Å². The van der Waals surface area contributed by atoms with Crippen LogP contribution in [0.5, 0.6) is 0 Å². The van der Waals surface area contributed by atoms with Crippen molar-refractivity contribution in [2.75, 3.05) is 32.8 Å². The van der Waals surface area contributed by atoms with Gasteiger partial charge in [-0.05, 0) is 39.2 Å². The Morgan fingerprint density at radius 1 is 1.38 bits per heavy atom. The number of rotatable bonds is 1. The van der Waals surface area contributed by atoms with E-state index in [0.717, 1.165) is 25.7 Å². The summed E-state index contributed by atoms with van der Waals surface area (Å²) in [7, 11) is 0. The summed E-state index contributed by atoms with van der Waals surface area (Å²) in [6.07, 6.45) is 2.45. The summed E-state index contributed by atoms with van der Waals surface area (Å²) in [6.45, 7) is 12.4. The molecule has 94 valence electrons. The van der Waals surface area contributed by atoms with Crippen molar-refractivity contribution in [1.82, 2.24) is 10.2 Å². The topological polar surface area (TPSA) is 24.5 Å². The lowest BCUT2D eigenvalue weighted by atomic mass is 9.95. The molecule has 0 aliphatic carbocycles. The van der Waals surface area contributed by atoms with E-state index in [1.54, 1.807) is 0 Å². The molecule has 2 aliphatic rings. The molecular weight excluding hydrogens is 200 g/mol. The Labute approximate surface area is 99.5 Å². The summed E-state index contributed by atoms with van der Waals surface area (Å²) in [5.41, 5.74) is 0.297. The van der Waals surface area contributed by atoms with Crippen LogP contribution in [-0.4, -0.2) is 49.3 Å². The average Bonchev–Trinajstić information content (AvgIpc) is 2.67. The summed E-state index contributed by atoms with van der Waals surface area (Å²) in [4.78, 5) is 2.67. The normalized spacial score (nSPS) is 42.9. The van der Waals surface area contributed by atoms with Crippen LogP contribution in [0.25, 0.3) is 0 Å². The van der Waals surface area contributed by atoms with E-state index in [4.69, 9.17) is 4.74 Å². The molecule has 2 fully saturated rings. The van der Waals surface area contributed by atoms with Crippen molar-refractivity contribution in [3.63, 3.8) is 0 Å². The monoisotopic (exact) mass is 226 g/mol. The molecule has 16 heavy (non-hydrogen) atoms. The van der Waals surface area contributed by atoms with Gasteiger partial charge in [-0.3, -0.25) is 4.90 Å². The van der Waals surface area contributed by atoms with Crippen molar-refractivity contribution in [3.8, 4) is 0 Å². The molecule has 2 aliphatic heterocycles. The van der Waals surface area contributed by atoms with Gasteiger partial charge in [0.2, 0.25) is 0 Å². The molecule has 0 amide bonds. The zero-order chi connectivity index (χ0) is 11.6. The van der Waals surface area contributed by atoms with Gasteiger partial charge in [0.05, 0.1) is 6.61 Å². The Hall–Kier alpha value is -0.120. The first kappa shape index (κ1) is 12.3. The maximum Gasteiger partial charge on any atom is 0.0648 e. The van der Waals surface area contributed by atoms with Gasteiger partial charge in [-0.1, -0.05) is 6.92 Å². The SMILES string of the molecule is CC1CNC(C)CCN(C2(C)CCOC2)C1. The maximum absolute atomic E-state index is 5.59. The van der Waals surface area contributed by atoms with E-state index < -0.39 is 0 Å². The predicted molar refractivity (Wildman–Crippen MR) is 66.7 cm³/mol. The fourth-order valence-electron chi connectivity index (χ4n) is 2.78. The van der Waals surface area contributed by atoms with Crippen LogP contribution < -0.4 is 5.32 Å². The molecule has 0 radical (unpaired) electrons. The molecule has 0 aromatic rings. The smallest absolute Gasteiger partial charge is 0.0648 e. The lowest BCUT2D eigenvalue weighted by Gasteiger charge is -2.41. The number of hydrogen-bond donors (Lipinski definition) is 1. The first-order valence-electron chi connectivity index (χ1n) is 6.66. The second-order valence-corrected chi connectivity index (χ2v) is 5.95. The van der Waals surface area contributed by atoms with Crippen molar-refractivity contribution in [1.29, 1.82) is 0 Å². The molecule has 2 rings (SSSR count). The highest BCUT2D eigenvalue weighted by molar-refractivity contribution is 4.91. The fourth-order valence-corrected chi connectivity index (χ4v) is 2.78. The van der Waals surface area contributed by atoms with Gasteiger partial charge in [-0.2, -0.15) is 0 Å². The molecule has 0 bridgehead atoms. The summed E-state index contributed by atoms with van der Waals surface area (Å²) >= 11 is 0. The van der Waals surface area contributed by atoms with Crippen LogP contribution in [-0.2, 0) is 4.74 Å². The molecule has 1 N–H and O–H groups in total. The lowest BCUT2D eigenvalue weighted by molar-refractivity contribution is 0.0576. The van der Waals surface area contributed by atoms with Crippen LogP contribution in [0.3, 0.4) is 0 Å². The Morgan fingerprint density at radius 2 is 2.19 bits per heavy atom. The van der Waals surface area contributed by atoms with Gasteiger partial charge in [0, 0.05) is 31.3 Å². The molecule has 3 heteroatoms. The van der Waals surface area contributed by atoms with Gasteiger partial charge in [0.1, 0.15) is 0 Å². The molecule has 3 unspecified atom stereocenters. The minimum atomic E-state index is 0.297. The molecule has 0 aromatic carbocycles. The van der Waals surface area contributed by atoms with Crippen molar-refractivity contribution < 1.29 is 4.74 Å². The van der Waals surface area contributed by atoms with Gasteiger partial charge in [0.15, 0.2) is 0 Å². The molecule has 3 atom stereocenters. The highest BCUT2D eigenvalue weighted by atomic mass is 16.5. The van der Waals surface area contributed by atoms with E-state index in [-0.39, 0.29) is 0 Å².